The standard InChI is InChI=1S/C11H14FN3OS/c12-8-1-3-9(4-2-8)14-10(16)7-15-5-6-17-11(15)13/h1-4,11H,5-7,13H2,(H,14,16). The van der Waals surface area contributed by atoms with Gasteiger partial charge < -0.3 is 11.1 Å². The lowest BCUT2D eigenvalue weighted by Gasteiger charge is -2.18. The van der Waals surface area contributed by atoms with Crippen molar-refractivity contribution in [1.29, 1.82) is 0 Å². The van der Waals surface area contributed by atoms with Crippen LogP contribution in [0, 0.1) is 5.82 Å². The van der Waals surface area contributed by atoms with Crippen LogP contribution in [0.25, 0.3) is 0 Å². The minimum absolute atomic E-state index is 0.103. The Hall–Kier alpha value is -1.11. The van der Waals surface area contributed by atoms with Crippen molar-refractivity contribution in [3.63, 3.8) is 0 Å². The van der Waals surface area contributed by atoms with E-state index < -0.39 is 0 Å². The Balaban J connectivity index is 1.86. The predicted molar refractivity (Wildman–Crippen MR) is 67.0 cm³/mol. The van der Waals surface area contributed by atoms with E-state index in [1.165, 1.54) is 24.3 Å². The highest BCUT2D eigenvalue weighted by Gasteiger charge is 2.23. The van der Waals surface area contributed by atoms with Crippen LogP contribution in [0.1, 0.15) is 0 Å². The molecule has 1 aliphatic rings. The van der Waals surface area contributed by atoms with Crippen LogP contribution in [0.15, 0.2) is 24.3 Å². The molecule has 1 aromatic rings. The summed E-state index contributed by atoms with van der Waals surface area (Å²) in [7, 11) is 0. The molecule has 1 heterocycles. The Morgan fingerprint density at radius 2 is 2.24 bits per heavy atom. The first-order valence-corrected chi connectivity index (χ1v) is 6.37. The van der Waals surface area contributed by atoms with Crippen LogP contribution >= 0.6 is 11.8 Å². The molecule has 17 heavy (non-hydrogen) atoms. The molecule has 1 aromatic carbocycles. The van der Waals surface area contributed by atoms with Crippen LogP contribution in [0.3, 0.4) is 0 Å². The van der Waals surface area contributed by atoms with E-state index in [-0.39, 0.29) is 23.8 Å². The molecule has 1 amide bonds. The van der Waals surface area contributed by atoms with Crippen LogP contribution in [-0.2, 0) is 4.79 Å². The lowest BCUT2D eigenvalue weighted by molar-refractivity contribution is -0.117. The summed E-state index contributed by atoms with van der Waals surface area (Å²) in [5.74, 6) is 0.501. The van der Waals surface area contributed by atoms with Crippen molar-refractivity contribution in [2.75, 3.05) is 24.2 Å². The maximum absolute atomic E-state index is 12.7. The molecule has 1 atom stereocenters. The van der Waals surface area contributed by atoms with E-state index in [1.54, 1.807) is 11.8 Å². The number of carbonyl (C=O) groups is 1. The van der Waals surface area contributed by atoms with Crippen molar-refractivity contribution in [3.05, 3.63) is 30.1 Å². The third-order valence-electron chi connectivity index (χ3n) is 2.50. The third kappa shape index (κ3) is 3.42. The number of anilines is 1. The number of hydrogen-bond donors (Lipinski definition) is 2. The second kappa shape index (κ2) is 5.48. The molecular weight excluding hydrogens is 241 g/mol. The van der Waals surface area contributed by atoms with Crippen molar-refractivity contribution >= 4 is 23.4 Å². The molecule has 0 aliphatic carbocycles. The summed E-state index contributed by atoms with van der Waals surface area (Å²) in [5.41, 5.74) is 6.29. The van der Waals surface area contributed by atoms with Gasteiger partial charge in [-0.05, 0) is 24.3 Å². The number of nitrogens with zero attached hydrogens (tertiary/aromatic N) is 1. The lowest BCUT2D eigenvalue weighted by atomic mass is 10.3. The van der Waals surface area contributed by atoms with Gasteiger partial charge in [0.05, 0.1) is 6.54 Å². The zero-order valence-corrected chi connectivity index (χ0v) is 10.0. The number of hydrogen-bond acceptors (Lipinski definition) is 4. The molecule has 0 aromatic heterocycles. The SMILES string of the molecule is NC1SCCN1CC(=O)Nc1ccc(F)cc1. The van der Waals surface area contributed by atoms with Crippen LogP contribution in [0.2, 0.25) is 0 Å². The van der Waals surface area contributed by atoms with Gasteiger partial charge in [0.1, 0.15) is 11.3 Å². The highest BCUT2D eigenvalue weighted by Crippen LogP contribution is 2.18. The van der Waals surface area contributed by atoms with E-state index in [9.17, 15) is 9.18 Å². The summed E-state index contributed by atoms with van der Waals surface area (Å²) < 4.78 is 12.7. The number of carbonyl (C=O) groups excluding carboxylic acids is 1. The quantitative estimate of drug-likeness (QED) is 0.848. The molecule has 92 valence electrons. The molecule has 1 unspecified atom stereocenters. The first-order valence-electron chi connectivity index (χ1n) is 5.32. The topological polar surface area (TPSA) is 58.4 Å². The van der Waals surface area contributed by atoms with Crippen molar-refractivity contribution in [2.45, 2.75) is 5.50 Å². The predicted octanol–water partition coefficient (Wildman–Crippen LogP) is 1.06. The molecule has 2 rings (SSSR count). The molecule has 3 N–H and O–H groups in total. The average Bonchev–Trinajstić information content (AvgIpc) is 2.68. The number of nitrogens with one attached hydrogen (secondary N) is 1. The Bertz CT molecular complexity index is 398. The molecule has 1 fully saturated rings. The summed E-state index contributed by atoms with van der Waals surface area (Å²) in [4.78, 5) is 13.6. The van der Waals surface area contributed by atoms with Crippen molar-refractivity contribution < 1.29 is 9.18 Å². The second-order valence-electron chi connectivity index (χ2n) is 3.79. The fourth-order valence-corrected chi connectivity index (χ4v) is 2.58. The molecular formula is C11H14FN3OS. The second-order valence-corrected chi connectivity index (χ2v) is 5.01. The third-order valence-corrected chi connectivity index (χ3v) is 3.56. The molecule has 4 nitrogen and oxygen atoms in total. The van der Waals surface area contributed by atoms with Gasteiger partial charge in [-0.1, -0.05) is 0 Å². The largest absolute Gasteiger partial charge is 0.325 e. The van der Waals surface area contributed by atoms with Crippen LogP contribution < -0.4 is 11.1 Å². The summed E-state index contributed by atoms with van der Waals surface area (Å²) in [6.45, 7) is 1.09. The molecule has 0 bridgehead atoms. The van der Waals surface area contributed by atoms with Gasteiger partial charge in [0.2, 0.25) is 5.91 Å². The van der Waals surface area contributed by atoms with Crippen molar-refractivity contribution in [1.82, 2.24) is 4.90 Å². The zero-order chi connectivity index (χ0) is 12.3. The maximum Gasteiger partial charge on any atom is 0.238 e. The molecule has 0 saturated carbocycles. The monoisotopic (exact) mass is 255 g/mol. The molecule has 1 saturated heterocycles. The Morgan fingerprint density at radius 1 is 1.53 bits per heavy atom. The minimum Gasteiger partial charge on any atom is -0.325 e. The smallest absolute Gasteiger partial charge is 0.238 e. The number of thioether (sulfide) groups is 1. The Labute approximate surface area is 103 Å². The summed E-state index contributed by atoms with van der Waals surface area (Å²) in [5, 5.41) is 2.70. The first kappa shape index (κ1) is 12.3. The summed E-state index contributed by atoms with van der Waals surface area (Å²) in [6, 6.07) is 5.69. The Kier molecular flexibility index (Phi) is 3.98. The van der Waals surface area contributed by atoms with Gasteiger partial charge >= 0.3 is 0 Å². The van der Waals surface area contributed by atoms with Crippen LogP contribution in [0.5, 0.6) is 0 Å². The zero-order valence-electron chi connectivity index (χ0n) is 9.23. The van der Waals surface area contributed by atoms with E-state index in [2.05, 4.69) is 5.32 Å². The van der Waals surface area contributed by atoms with Gasteiger partial charge in [0, 0.05) is 18.0 Å². The van der Waals surface area contributed by atoms with Crippen LogP contribution in [0.4, 0.5) is 10.1 Å². The van der Waals surface area contributed by atoms with Gasteiger partial charge in [-0.3, -0.25) is 9.69 Å². The van der Waals surface area contributed by atoms with E-state index in [4.69, 9.17) is 5.73 Å². The number of rotatable bonds is 3. The number of amides is 1. The molecule has 6 heteroatoms. The molecule has 1 aliphatic heterocycles. The highest BCUT2D eigenvalue weighted by molar-refractivity contribution is 8.00. The van der Waals surface area contributed by atoms with Gasteiger partial charge in [0.15, 0.2) is 0 Å². The van der Waals surface area contributed by atoms with Crippen molar-refractivity contribution in [3.8, 4) is 0 Å². The highest BCUT2D eigenvalue weighted by atomic mass is 32.2. The van der Waals surface area contributed by atoms with Gasteiger partial charge in [-0.25, -0.2) is 4.39 Å². The van der Waals surface area contributed by atoms with Gasteiger partial charge in [-0.2, -0.15) is 0 Å². The maximum atomic E-state index is 12.7. The van der Waals surface area contributed by atoms with Gasteiger partial charge in [-0.15, -0.1) is 11.8 Å². The summed E-state index contributed by atoms with van der Waals surface area (Å²) >= 11 is 1.63. The number of nitrogens with two attached hydrogens (primary N) is 1. The van der Waals surface area contributed by atoms with E-state index in [0.29, 0.717) is 5.69 Å². The van der Waals surface area contributed by atoms with Gasteiger partial charge in [0.25, 0.3) is 0 Å². The number of benzene rings is 1. The van der Waals surface area contributed by atoms with E-state index in [1.807, 2.05) is 4.90 Å². The van der Waals surface area contributed by atoms with Crippen molar-refractivity contribution in [2.24, 2.45) is 5.73 Å². The average molecular weight is 255 g/mol. The number of halogens is 1. The minimum atomic E-state index is -0.319. The fourth-order valence-electron chi connectivity index (χ4n) is 1.61. The fraction of sp³-hybridized carbons (Fsp3) is 0.364. The summed E-state index contributed by atoms with van der Waals surface area (Å²) in [6.07, 6.45) is 0. The normalized spacial score (nSPS) is 20.5. The van der Waals surface area contributed by atoms with Crippen LogP contribution in [-0.4, -0.2) is 35.1 Å². The van der Waals surface area contributed by atoms with E-state index >= 15 is 0 Å². The molecule has 0 radical (unpaired) electrons. The Morgan fingerprint density at radius 3 is 2.82 bits per heavy atom. The molecule has 0 spiro atoms. The first-order chi connectivity index (χ1) is 8.15. The lowest BCUT2D eigenvalue weighted by Crippen LogP contribution is -2.40. The van der Waals surface area contributed by atoms with E-state index in [0.717, 1.165) is 12.3 Å².